The molecule has 0 N–H and O–H groups in total. The summed E-state index contributed by atoms with van der Waals surface area (Å²) in [7, 11) is 0. The molecule has 0 atom stereocenters. The standard InChI is InChI=1S/C29H31NO3/c30-22-24-8-12-26(13-9-24)27-14-18-29(19-15-27)33-21-7-5-3-1-2-4-6-20-32-28-16-10-25(23-31)11-17-28/h8-19,23H,1-7,20-21H2. The van der Waals surface area contributed by atoms with Crippen LogP contribution in [0.3, 0.4) is 0 Å². The maximum Gasteiger partial charge on any atom is 0.150 e. The van der Waals surface area contributed by atoms with Crippen molar-refractivity contribution in [2.45, 2.75) is 44.9 Å². The molecule has 0 radical (unpaired) electrons. The lowest BCUT2D eigenvalue weighted by molar-refractivity contribution is 0.112. The quantitative estimate of drug-likeness (QED) is 0.196. The van der Waals surface area contributed by atoms with E-state index in [1.807, 2.05) is 48.5 Å². The number of nitriles is 1. The Morgan fingerprint density at radius 2 is 1.03 bits per heavy atom. The van der Waals surface area contributed by atoms with Gasteiger partial charge in [-0.25, -0.2) is 0 Å². The van der Waals surface area contributed by atoms with E-state index in [1.165, 1.54) is 32.1 Å². The second kappa shape index (κ2) is 13.8. The third-order valence-electron chi connectivity index (χ3n) is 5.54. The van der Waals surface area contributed by atoms with Crippen LogP contribution >= 0.6 is 0 Å². The molecule has 3 rings (SSSR count). The lowest BCUT2D eigenvalue weighted by Crippen LogP contribution is -1.98. The van der Waals surface area contributed by atoms with Crippen molar-refractivity contribution in [1.82, 2.24) is 0 Å². The van der Waals surface area contributed by atoms with Crippen molar-refractivity contribution in [3.8, 4) is 28.7 Å². The van der Waals surface area contributed by atoms with E-state index in [1.54, 1.807) is 12.1 Å². The molecule has 3 aromatic carbocycles. The summed E-state index contributed by atoms with van der Waals surface area (Å²) in [4.78, 5) is 10.6. The number of rotatable bonds is 14. The van der Waals surface area contributed by atoms with Crippen LogP contribution in [0.5, 0.6) is 11.5 Å². The molecule has 0 unspecified atom stereocenters. The summed E-state index contributed by atoms with van der Waals surface area (Å²) in [6.07, 6.45) is 9.02. The molecule has 0 aliphatic rings. The highest BCUT2D eigenvalue weighted by molar-refractivity contribution is 5.74. The van der Waals surface area contributed by atoms with Gasteiger partial charge in [0.1, 0.15) is 17.8 Å². The Hall–Kier alpha value is -3.58. The van der Waals surface area contributed by atoms with Gasteiger partial charge in [-0.1, -0.05) is 56.4 Å². The Balaban J connectivity index is 1.19. The monoisotopic (exact) mass is 441 g/mol. The van der Waals surface area contributed by atoms with E-state index in [2.05, 4.69) is 18.2 Å². The molecule has 0 amide bonds. The highest BCUT2D eigenvalue weighted by Gasteiger charge is 2.00. The summed E-state index contributed by atoms with van der Waals surface area (Å²) in [6.45, 7) is 1.46. The number of hydrogen-bond donors (Lipinski definition) is 0. The molecule has 4 heteroatoms. The number of ether oxygens (including phenoxy) is 2. The highest BCUT2D eigenvalue weighted by Crippen LogP contribution is 2.23. The van der Waals surface area contributed by atoms with E-state index in [4.69, 9.17) is 14.7 Å². The predicted molar refractivity (Wildman–Crippen MR) is 132 cm³/mol. The summed E-state index contributed by atoms with van der Waals surface area (Å²) >= 11 is 0. The maximum absolute atomic E-state index is 10.6. The minimum Gasteiger partial charge on any atom is -0.494 e. The largest absolute Gasteiger partial charge is 0.494 e. The number of aldehydes is 1. The molecule has 33 heavy (non-hydrogen) atoms. The maximum atomic E-state index is 10.6. The molecular weight excluding hydrogens is 410 g/mol. The van der Waals surface area contributed by atoms with Crippen LogP contribution in [0.25, 0.3) is 11.1 Å². The van der Waals surface area contributed by atoms with Gasteiger partial charge < -0.3 is 9.47 Å². The third kappa shape index (κ3) is 8.46. The fourth-order valence-electron chi connectivity index (χ4n) is 3.59. The van der Waals surface area contributed by atoms with Crippen LogP contribution < -0.4 is 9.47 Å². The van der Waals surface area contributed by atoms with Crippen LogP contribution in [0.15, 0.2) is 72.8 Å². The number of carbonyl (C=O) groups is 1. The Bertz CT molecular complexity index is 1000. The number of carbonyl (C=O) groups excluding carboxylic acids is 1. The van der Waals surface area contributed by atoms with Gasteiger partial charge in [0.15, 0.2) is 0 Å². The summed E-state index contributed by atoms with van der Waals surface area (Å²) in [5.74, 6) is 1.72. The molecule has 3 aromatic rings. The van der Waals surface area contributed by atoms with Gasteiger partial charge in [0.2, 0.25) is 0 Å². The number of unbranched alkanes of at least 4 members (excludes halogenated alkanes) is 6. The fourth-order valence-corrected chi connectivity index (χ4v) is 3.59. The summed E-state index contributed by atoms with van der Waals surface area (Å²) in [5.41, 5.74) is 3.56. The molecule has 0 heterocycles. The Labute approximate surface area is 196 Å². The predicted octanol–water partition coefficient (Wildman–Crippen LogP) is 7.23. The molecule has 0 aliphatic carbocycles. The van der Waals surface area contributed by atoms with Crippen LogP contribution in [0.2, 0.25) is 0 Å². The van der Waals surface area contributed by atoms with Crippen LogP contribution in [-0.4, -0.2) is 19.5 Å². The molecule has 4 nitrogen and oxygen atoms in total. The average Bonchev–Trinajstić information content (AvgIpc) is 2.88. The zero-order valence-electron chi connectivity index (χ0n) is 19.0. The van der Waals surface area contributed by atoms with E-state index >= 15 is 0 Å². The number of hydrogen-bond acceptors (Lipinski definition) is 4. The number of benzene rings is 3. The first-order valence-corrected chi connectivity index (χ1v) is 11.7. The van der Waals surface area contributed by atoms with Crippen molar-refractivity contribution in [1.29, 1.82) is 5.26 Å². The van der Waals surface area contributed by atoms with E-state index < -0.39 is 0 Å². The molecule has 0 saturated carbocycles. The Kier molecular flexibility index (Phi) is 10.0. The topological polar surface area (TPSA) is 59.3 Å². The Morgan fingerprint density at radius 1 is 0.606 bits per heavy atom. The van der Waals surface area contributed by atoms with Crippen LogP contribution in [0.4, 0.5) is 0 Å². The van der Waals surface area contributed by atoms with Crippen LogP contribution in [0, 0.1) is 11.3 Å². The first-order valence-electron chi connectivity index (χ1n) is 11.7. The molecular formula is C29H31NO3. The van der Waals surface area contributed by atoms with Crippen molar-refractivity contribution in [3.05, 3.63) is 83.9 Å². The van der Waals surface area contributed by atoms with Gasteiger partial charge >= 0.3 is 0 Å². The van der Waals surface area contributed by atoms with Gasteiger partial charge in [-0.05, 0) is 72.5 Å². The van der Waals surface area contributed by atoms with E-state index in [0.29, 0.717) is 11.1 Å². The van der Waals surface area contributed by atoms with Gasteiger partial charge in [-0.2, -0.15) is 5.26 Å². The van der Waals surface area contributed by atoms with Crippen molar-refractivity contribution >= 4 is 6.29 Å². The smallest absolute Gasteiger partial charge is 0.150 e. The minimum atomic E-state index is 0.672. The first-order chi connectivity index (χ1) is 16.3. The van der Waals surface area contributed by atoms with Crippen LogP contribution in [0.1, 0.15) is 60.9 Å². The molecule has 0 aliphatic heterocycles. The molecule has 0 saturated heterocycles. The average molecular weight is 442 g/mol. The normalized spacial score (nSPS) is 10.4. The molecule has 0 fully saturated rings. The van der Waals surface area contributed by atoms with Crippen molar-refractivity contribution in [2.24, 2.45) is 0 Å². The molecule has 0 spiro atoms. The van der Waals surface area contributed by atoms with Gasteiger partial charge in [0.25, 0.3) is 0 Å². The molecule has 170 valence electrons. The van der Waals surface area contributed by atoms with Gasteiger partial charge in [0, 0.05) is 5.56 Å². The third-order valence-corrected chi connectivity index (χ3v) is 5.54. The van der Waals surface area contributed by atoms with Gasteiger partial charge in [-0.15, -0.1) is 0 Å². The van der Waals surface area contributed by atoms with Gasteiger partial charge in [0.05, 0.1) is 24.8 Å². The van der Waals surface area contributed by atoms with Gasteiger partial charge in [-0.3, -0.25) is 4.79 Å². The van der Waals surface area contributed by atoms with E-state index in [-0.39, 0.29) is 0 Å². The summed E-state index contributed by atoms with van der Waals surface area (Å²) < 4.78 is 11.6. The van der Waals surface area contributed by atoms with Crippen molar-refractivity contribution < 1.29 is 14.3 Å². The second-order valence-electron chi connectivity index (χ2n) is 8.07. The minimum absolute atomic E-state index is 0.672. The summed E-state index contributed by atoms with van der Waals surface area (Å²) in [6, 6.07) is 25.1. The second-order valence-corrected chi connectivity index (χ2v) is 8.07. The van der Waals surface area contributed by atoms with E-state index in [0.717, 1.165) is 55.0 Å². The SMILES string of the molecule is N#Cc1ccc(-c2ccc(OCCCCCCCCCOc3ccc(C=O)cc3)cc2)cc1. The lowest BCUT2D eigenvalue weighted by atomic mass is 10.0. The number of nitrogens with zero attached hydrogens (tertiary/aromatic N) is 1. The zero-order chi connectivity index (χ0) is 23.1. The van der Waals surface area contributed by atoms with E-state index in [9.17, 15) is 4.79 Å². The Morgan fingerprint density at radius 3 is 1.48 bits per heavy atom. The van der Waals surface area contributed by atoms with Crippen LogP contribution in [-0.2, 0) is 0 Å². The zero-order valence-corrected chi connectivity index (χ0v) is 19.0. The fraction of sp³-hybridized carbons (Fsp3) is 0.310. The van der Waals surface area contributed by atoms with Crippen molar-refractivity contribution in [2.75, 3.05) is 13.2 Å². The van der Waals surface area contributed by atoms with Crippen molar-refractivity contribution in [3.63, 3.8) is 0 Å². The first kappa shape index (κ1) is 24.1. The summed E-state index contributed by atoms with van der Waals surface area (Å²) in [5, 5.41) is 8.90. The molecule has 0 aromatic heterocycles. The molecule has 0 bridgehead atoms. The highest BCUT2D eigenvalue weighted by atomic mass is 16.5. The lowest BCUT2D eigenvalue weighted by Gasteiger charge is -2.08.